The lowest BCUT2D eigenvalue weighted by molar-refractivity contribution is 0.511. The van der Waals surface area contributed by atoms with E-state index in [2.05, 4.69) is 11.9 Å². The van der Waals surface area contributed by atoms with Crippen LogP contribution in [-0.4, -0.2) is 5.11 Å². The van der Waals surface area contributed by atoms with Gasteiger partial charge in [0.2, 0.25) is 0 Å². The van der Waals surface area contributed by atoms with Gasteiger partial charge in [-0.1, -0.05) is 55.1 Å². The summed E-state index contributed by atoms with van der Waals surface area (Å²) in [5.41, 5.74) is 2.36. The van der Waals surface area contributed by atoms with Crippen molar-refractivity contribution in [3.05, 3.63) is 84.6 Å². The van der Waals surface area contributed by atoms with Crippen LogP contribution in [-0.2, 0) is 0 Å². The fourth-order valence-corrected chi connectivity index (χ4v) is 1.60. The molecule has 0 aliphatic carbocycles. The fraction of sp³-hybridized carbons (Fsp3) is 0. The number of allylic oxidation sites excluding steroid dienone is 1. The summed E-state index contributed by atoms with van der Waals surface area (Å²) in [6.45, 7) is 3.87. The van der Waals surface area contributed by atoms with Crippen LogP contribution in [0, 0.1) is 0 Å². The largest absolute Gasteiger partial charge is 0.507 e. The maximum absolute atomic E-state index is 9.93. The minimum Gasteiger partial charge on any atom is -0.507 e. The SMILES string of the molecule is C=C(/C=C(\O)c1ccccc1)Nc1ccccc1. The second kappa shape index (κ2) is 5.73. The zero-order valence-electron chi connectivity index (χ0n) is 10.0. The molecule has 0 atom stereocenters. The average molecular weight is 237 g/mol. The van der Waals surface area contributed by atoms with Crippen LogP contribution in [0.5, 0.6) is 0 Å². The molecule has 0 radical (unpaired) electrons. The first-order valence-corrected chi connectivity index (χ1v) is 5.73. The Hall–Kier alpha value is -2.48. The maximum Gasteiger partial charge on any atom is 0.124 e. The number of rotatable bonds is 4. The molecule has 0 heterocycles. The zero-order valence-corrected chi connectivity index (χ0v) is 10.0. The fourth-order valence-electron chi connectivity index (χ4n) is 1.60. The molecule has 2 heteroatoms. The number of benzene rings is 2. The molecular formula is C16H15NO. The van der Waals surface area contributed by atoms with Gasteiger partial charge in [0.05, 0.1) is 0 Å². The van der Waals surface area contributed by atoms with E-state index in [1.165, 1.54) is 0 Å². The molecule has 2 rings (SSSR count). The van der Waals surface area contributed by atoms with E-state index < -0.39 is 0 Å². The van der Waals surface area contributed by atoms with Gasteiger partial charge in [-0.15, -0.1) is 0 Å². The van der Waals surface area contributed by atoms with Crippen molar-refractivity contribution in [2.45, 2.75) is 0 Å². The van der Waals surface area contributed by atoms with Crippen LogP contribution >= 0.6 is 0 Å². The quantitative estimate of drug-likeness (QED) is 0.616. The summed E-state index contributed by atoms with van der Waals surface area (Å²) in [6.07, 6.45) is 1.61. The molecule has 0 bridgehead atoms. The van der Waals surface area contributed by atoms with Crippen LogP contribution in [0.2, 0.25) is 0 Å². The topological polar surface area (TPSA) is 32.3 Å². The highest BCUT2D eigenvalue weighted by molar-refractivity contribution is 5.63. The second-order valence-electron chi connectivity index (χ2n) is 3.91. The smallest absolute Gasteiger partial charge is 0.124 e. The van der Waals surface area contributed by atoms with Crippen molar-refractivity contribution >= 4 is 11.4 Å². The van der Waals surface area contributed by atoms with Crippen LogP contribution in [0.1, 0.15) is 5.56 Å². The summed E-state index contributed by atoms with van der Waals surface area (Å²) in [7, 11) is 0. The first kappa shape index (κ1) is 12.0. The number of hydrogen-bond donors (Lipinski definition) is 2. The van der Waals surface area contributed by atoms with Gasteiger partial charge in [0, 0.05) is 23.0 Å². The molecule has 0 aliphatic heterocycles. The standard InChI is InChI=1S/C16H15NO/c1-13(17-15-10-6-3-7-11-15)12-16(18)14-8-4-2-5-9-14/h2-12,17-18H,1H2/b16-12-. The Bertz CT molecular complexity index is 544. The lowest BCUT2D eigenvalue weighted by Crippen LogP contribution is -1.96. The Morgan fingerprint density at radius 2 is 1.50 bits per heavy atom. The summed E-state index contributed by atoms with van der Waals surface area (Å²) in [4.78, 5) is 0. The van der Waals surface area contributed by atoms with Crippen molar-refractivity contribution in [2.75, 3.05) is 5.32 Å². The van der Waals surface area contributed by atoms with E-state index in [0.29, 0.717) is 5.70 Å². The van der Waals surface area contributed by atoms with Gasteiger partial charge in [-0.3, -0.25) is 0 Å². The third-order valence-corrected chi connectivity index (χ3v) is 2.46. The summed E-state index contributed by atoms with van der Waals surface area (Å²) < 4.78 is 0. The molecule has 18 heavy (non-hydrogen) atoms. The van der Waals surface area contributed by atoms with Gasteiger partial charge < -0.3 is 10.4 Å². The van der Waals surface area contributed by atoms with E-state index in [-0.39, 0.29) is 5.76 Å². The highest BCUT2D eigenvalue weighted by Gasteiger charge is 1.98. The van der Waals surface area contributed by atoms with Gasteiger partial charge >= 0.3 is 0 Å². The molecule has 2 aromatic carbocycles. The highest BCUT2D eigenvalue weighted by atomic mass is 16.3. The zero-order chi connectivity index (χ0) is 12.8. The number of hydrogen-bond acceptors (Lipinski definition) is 2. The predicted octanol–water partition coefficient (Wildman–Crippen LogP) is 4.21. The minimum atomic E-state index is 0.198. The van der Waals surface area contributed by atoms with E-state index in [9.17, 15) is 5.11 Å². The molecule has 0 aliphatic rings. The van der Waals surface area contributed by atoms with Crippen molar-refractivity contribution in [1.82, 2.24) is 0 Å². The Morgan fingerprint density at radius 1 is 0.944 bits per heavy atom. The first-order chi connectivity index (χ1) is 8.75. The third kappa shape index (κ3) is 3.25. The van der Waals surface area contributed by atoms with Gasteiger partial charge in [0.25, 0.3) is 0 Å². The number of aliphatic hydroxyl groups is 1. The lowest BCUT2D eigenvalue weighted by Gasteiger charge is -2.06. The Labute approximate surface area is 107 Å². The van der Waals surface area contributed by atoms with Gasteiger partial charge in [-0.25, -0.2) is 0 Å². The van der Waals surface area contributed by atoms with Crippen LogP contribution in [0.15, 0.2) is 79.0 Å². The molecule has 0 aromatic heterocycles. The first-order valence-electron chi connectivity index (χ1n) is 5.73. The van der Waals surface area contributed by atoms with E-state index in [4.69, 9.17) is 0 Å². The van der Waals surface area contributed by atoms with Gasteiger partial charge in [0.15, 0.2) is 0 Å². The van der Waals surface area contributed by atoms with E-state index >= 15 is 0 Å². The van der Waals surface area contributed by atoms with Crippen LogP contribution in [0.4, 0.5) is 5.69 Å². The summed E-state index contributed by atoms with van der Waals surface area (Å²) in [6, 6.07) is 19.1. The van der Waals surface area contributed by atoms with E-state index in [1.54, 1.807) is 6.08 Å². The van der Waals surface area contributed by atoms with Crippen molar-refractivity contribution < 1.29 is 5.11 Å². The third-order valence-electron chi connectivity index (χ3n) is 2.46. The molecule has 0 spiro atoms. The molecule has 0 fully saturated rings. The summed E-state index contributed by atoms with van der Waals surface area (Å²) in [5, 5.41) is 13.0. The highest BCUT2D eigenvalue weighted by Crippen LogP contribution is 2.14. The molecule has 0 unspecified atom stereocenters. The normalized spacial score (nSPS) is 11.0. The van der Waals surface area contributed by atoms with Crippen LogP contribution < -0.4 is 5.32 Å². The molecule has 2 N–H and O–H groups in total. The molecule has 90 valence electrons. The maximum atomic E-state index is 9.93. The van der Waals surface area contributed by atoms with Gasteiger partial charge in [-0.2, -0.15) is 0 Å². The number of anilines is 1. The molecule has 0 saturated carbocycles. The van der Waals surface area contributed by atoms with Crippen molar-refractivity contribution in [3.63, 3.8) is 0 Å². The van der Waals surface area contributed by atoms with Crippen LogP contribution in [0.3, 0.4) is 0 Å². The summed E-state index contributed by atoms with van der Waals surface area (Å²) >= 11 is 0. The molecule has 0 saturated heterocycles. The Morgan fingerprint density at radius 3 is 2.11 bits per heavy atom. The molecule has 0 amide bonds. The molecular weight excluding hydrogens is 222 g/mol. The van der Waals surface area contributed by atoms with Crippen molar-refractivity contribution in [3.8, 4) is 0 Å². The molecule has 2 nitrogen and oxygen atoms in total. The average Bonchev–Trinajstić information content (AvgIpc) is 2.40. The van der Waals surface area contributed by atoms with Crippen molar-refractivity contribution in [1.29, 1.82) is 0 Å². The lowest BCUT2D eigenvalue weighted by atomic mass is 10.1. The van der Waals surface area contributed by atoms with Gasteiger partial charge in [0.1, 0.15) is 5.76 Å². The van der Waals surface area contributed by atoms with E-state index in [1.807, 2.05) is 60.7 Å². The molecule has 2 aromatic rings. The van der Waals surface area contributed by atoms with E-state index in [0.717, 1.165) is 11.3 Å². The second-order valence-corrected chi connectivity index (χ2v) is 3.91. The summed E-state index contributed by atoms with van der Waals surface area (Å²) in [5.74, 6) is 0.198. The minimum absolute atomic E-state index is 0.198. The Balaban J connectivity index is 2.07. The van der Waals surface area contributed by atoms with Crippen molar-refractivity contribution in [2.24, 2.45) is 0 Å². The predicted molar refractivity (Wildman–Crippen MR) is 76.3 cm³/mol. The number of nitrogens with one attached hydrogen (secondary N) is 1. The van der Waals surface area contributed by atoms with Crippen LogP contribution in [0.25, 0.3) is 5.76 Å². The Kier molecular flexibility index (Phi) is 3.82. The number of aliphatic hydroxyl groups excluding tert-OH is 1. The number of para-hydroxylation sites is 1. The monoisotopic (exact) mass is 237 g/mol. The van der Waals surface area contributed by atoms with Gasteiger partial charge in [-0.05, 0) is 12.1 Å².